The Morgan fingerprint density at radius 3 is 2.79 bits per heavy atom. The van der Waals surface area contributed by atoms with E-state index in [9.17, 15) is 0 Å². The first-order valence-electron chi connectivity index (χ1n) is 9.45. The van der Waals surface area contributed by atoms with E-state index in [4.69, 9.17) is 14.2 Å². The normalized spacial score (nSPS) is 17.2. The van der Waals surface area contributed by atoms with Crippen molar-refractivity contribution < 1.29 is 14.2 Å². The molecule has 1 aliphatic rings. The zero-order valence-corrected chi connectivity index (χ0v) is 15.3. The molecule has 0 aliphatic carbocycles. The van der Waals surface area contributed by atoms with Gasteiger partial charge >= 0.3 is 0 Å². The van der Waals surface area contributed by atoms with Crippen LogP contribution in [0.5, 0.6) is 11.5 Å². The maximum absolute atomic E-state index is 5.88. The van der Waals surface area contributed by atoms with Crippen molar-refractivity contribution in [3.05, 3.63) is 23.8 Å². The zero-order valence-electron chi connectivity index (χ0n) is 15.3. The quantitative estimate of drug-likeness (QED) is 0.578. The van der Waals surface area contributed by atoms with Gasteiger partial charge in [0.05, 0.1) is 19.8 Å². The lowest BCUT2D eigenvalue weighted by Gasteiger charge is -2.14. The number of benzene rings is 1. The van der Waals surface area contributed by atoms with Crippen LogP contribution in [0.1, 0.15) is 57.4 Å². The molecule has 0 bridgehead atoms. The van der Waals surface area contributed by atoms with Crippen molar-refractivity contribution >= 4 is 0 Å². The van der Waals surface area contributed by atoms with E-state index in [0.29, 0.717) is 6.10 Å². The van der Waals surface area contributed by atoms with Crippen LogP contribution < -0.4 is 14.8 Å². The first kappa shape index (κ1) is 19.1. The van der Waals surface area contributed by atoms with Crippen LogP contribution in [0, 0.1) is 0 Å². The molecular formula is C20H33NO3. The molecule has 0 radical (unpaired) electrons. The summed E-state index contributed by atoms with van der Waals surface area (Å²) in [5, 5.41) is 3.46. The van der Waals surface area contributed by atoms with Gasteiger partial charge in [-0.3, -0.25) is 0 Å². The van der Waals surface area contributed by atoms with Gasteiger partial charge in [0.25, 0.3) is 0 Å². The van der Waals surface area contributed by atoms with Crippen LogP contribution in [-0.2, 0) is 11.3 Å². The highest BCUT2D eigenvalue weighted by Gasteiger charge is 2.14. The second-order valence-corrected chi connectivity index (χ2v) is 6.51. The molecular weight excluding hydrogens is 302 g/mol. The predicted octanol–water partition coefficient (Wildman–Crippen LogP) is 4.31. The summed E-state index contributed by atoms with van der Waals surface area (Å²) in [5.74, 6) is 1.66. The summed E-state index contributed by atoms with van der Waals surface area (Å²) in [6.07, 6.45) is 8.96. The average molecular weight is 335 g/mol. The number of rotatable bonds is 12. The first-order valence-corrected chi connectivity index (χ1v) is 9.45. The van der Waals surface area contributed by atoms with E-state index in [1.54, 1.807) is 7.11 Å². The molecule has 1 N–H and O–H groups in total. The Morgan fingerprint density at radius 1 is 1.17 bits per heavy atom. The molecule has 1 atom stereocenters. The smallest absolute Gasteiger partial charge is 0.161 e. The fourth-order valence-corrected chi connectivity index (χ4v) is 3.01. The third-order valence-corrected chi connectivity index (χ3v) is 4.46. The van der Waals surface area contributed by atoms with Crippen LogP contribution in [0.4, 0.5) is 0 Å². The second-order valence-electron chi connectivity index (χ2n) is 6.51. The number of hydrogen-bond donors (Lipinski definition) is 1. The van der Waals surface area contributed by atoms with E-state index in [2.05, 4.69) is 24.4 Å². The summed E-state index contributed by atoms with van der Waals surface area (Å²) in [5.41, 5.74) is 1.21. The third kappa shape index (κ3) is 6.70. The molecule has 4 nitrogen and oxygen atoms in total. The Labute approximate surface area is 146 Å². The van der Waals surface area contributed by atoms with E-state index >= 15 is 0 Å². The van der Waals surface area contributed by atoms with E-state index in [1.807, 2.05) is 6.07 Å². The summed E-state index contributed by atoms with van der Waals surface area (Å²) >= 11 is 0. The lowest BCUT2D eigenvalue weighted by Crippen LogP contribution is -2.25. The molecule has 1 unspecified atom stereocenters. The van der Waals surface area contributed by atoms with E-state index in [1.165, 1.54) is 44.1 Å². The van der Waals surface area contributed by atoms with Crippen LogP contribution in [0.2, 0.25) is 0 Å². The van der Waals surface area contributed by atoms with Gasteiger partial charge < -0.3 is 19.5 Å². The van der Waals surface area contributed by atoms with E-state index in [0.717, 1.165) is 44.2 Å². The lowest BCUT2D eigenvalue weighted by atomic mass is 10.1. The summed E-state index contributed by atoms with van der Waals surface area (Å²) < 4.78 is 17.0. The van der Waals surface area contributed by atoms with Gasteiger partial charge in [-0.1, -0.05) is 38.7 Å². The van der Waals surface area contributed by atoms with Crippen LogP contribution in [-0.4, -0.2) is 33.0 Å². The number of nitrogens with one attached hydrogen (secondary N) is 1. The molecule has 2 rings (SSSR count). The van der Waals surface area contributed by atoms with Gasteiger partial charge in [0.15, 0.2) is 11.5 Å². The second kappa shape index (κ2) is 11.3. The van der Waals surface area contributed by atoms with Gasteiger partial charge in [0.2, 0.25) is 0 Å². The summed E-state index contributed by atoms with van der Waals surface area (Å²) in [6.45, 7) is 5.64. The largest absolute Gasteiger partial charge is 0.493 e. The maximum atomic E-state index is 5.88. The minimum absolute atomic E-state index is 0.377. The molecule has 1 aromatic rings. The van der Waals surface area contributed by atoms with Crippen molar-refractivity contribution in [1.29, 1.82) is 0 Å². The molecule has 0 saturated carbocycles. The van der Waals surface area contributed by atoms with Gasteiger partial charge in [-0.05, 0) is 37.0 Å². The Morgan fingerprint density at radius 2 is 2.04 bits per heavy atom. The minimum Gasteiger partial charge on any atom is -0.493 e. The molecule has 4 heteroatoms. The minimum atomic E-state index is 0.377. The van der Waals surface area contributed by atoms with Crippen molar-refractivity contribution in [2.24, 2.45) is 0 Å². The average Bonchev–Trinajstić information content (AvgIpc) is 3.12. The molecule has 0 aromatic heterocycles. The van der Waals surface area contributed by atoms with Gasteiger partial charge in [-0.2, -0.15) is 0 Å². The molecule has 1 fully saturated rings. The van der Waals surface area contributed by atoms with Crippen LogP contribution in [0.25, 0.3) is 0 Å². The Balaban J connectivity index is 1.72. The summed E-state index contributed by atoms with van der Waals surface area (Å²) in [6, 6.07) is 6.19. The van der Waals surface area contributed by atoms with Crippen molar-refractivity contribution in [1.82, 2.24) is 5.32 Å². The highest BCUT2D eigenvalue weighted by molar-refractivity contribution is 5.42. The lowest BCUT2D eigenvalue weighted by molar-refractivity contribution is 0.110. The number of unbranched alkanes of at least 4 members (excludes halogenated alkanes) is 4. The maximum Gasteiger partial charge on any atom is 0.161 e. The number of methoxy groups -OCH3 is 1. The Bertz CT molecular complexity index is 458. The fraction of sp³-hybridized carbons (Fsp3) is 0.700. The molecule has 24 heavy (non-hydrogen) atoms. The van der Waals surface area contributed by atoms with Crippen molar-refractivity contribution in [2.45, 2.75) is 64.5 Å². The van der Waals surface area contributed by atoms with Gasteiger partial charge in [-0.25, -0.2) is 0 Å². The molecule has 1 saturated heterocycles. The third-order valence-electron chi connectivity index (χ3n) is 4.46. The molecule has 0 spiro atoms. The fourth-order valence-electron chi connectivity index (χ4n) is 3.01. The highest BCUT2D eigenvalue weighted by Crippen LogP contribution is 2.28. The molecule has 1 aliphatic heterocycles. The molecule has 1 heterocycles. The monoisotopic (exact) mass is 335 g/mol. The topological polar surface area (TPSA) is 39.7 Å². The van der Waals surface area contributed by atoms with E-state index in [-0.39, 0.29) is 0 Å². The standard InChI is InChI=1S/C20H33NO3/c1-3-4-5-6-7-12-24-19-11-10-17(14-20(19)22-2)15-21-16-18-9-8-13-23-18/h10-11,14,18,21H,3-9,12-13,15-16H2,1-2H3. The first-order chi connectivity index (χ1) is 11.8. The van der Waals surface area contributed by atoms with Gasteiger partial charge in [0.1, 0.15) is 0 Å². The van der Waals surface area contributed by atoms with Gasteiger partial charge in [0, 0.05) is 19.7 Å². The predicted molar refractivity (Wildman–Crippen MR) is 97.9 cm³/mol. The number of hydrogen-bond acceptors (Lipinski definition) is 4. The van der Waals surface area contributed by atoms with Crippen LogP contribution in [0.15, 0.2) is 18.2 Å². The summed E-state index contributed by atoms with van der Waals surface area (Å²) in [7, 11) is 1.70. The SMILES string of the molecule is CCCCCCCOc1ccc(CNCC2CCCO2)cc1OC. The molecule has 1 aromatic carbocycles. The van der Waals surface area contributed by atoms with E-state index < -0.39 is 0 Å². The summed E-state index contributed by atoms with van der Waals surface area (Å²) in [4.78, 5) is 0. The van der Waals surface area contributed by atoms with Gasteiger partial charge in [-0.15, -0.1) is 0 Å². The van der Waals surface area contributed by atoms with Crippen molar-refractivity contribution in [3.63, 3.8) is 0 Å². The van der Waals surface area contributed by atoms with Crippen LogP contribution >= 0.6 is 0 Å². The Kier molecular flexibility index (Phi) is 9.00. The molecule has 0 amide bonds. The Hall–Kier alpha value is -1.26. The van der Waals surface area contributed by atoms with Crippen molar-refractivity contribution in [2.75, 3.05) is 26.9 Å². The number of ether oxygens (including phenoxy) is 3. The van der Waals surface area contributed by atoms with Crippen LogP contribution in [0.3, 0.4) is 0 Å². The highest BCUT2D eigenvalue weighted by atomic mass is 16.5. The zero-order chi connectivity index (χ0) is 17.0. The molecule has 136 valence electrons. The van der Waals surface area contributed by atoms with Crippen molar-refractivity contribution in [3.8, 4) is 11.5 Å².